The normalized spacial score (nSPS) is 37.5. The van der Waals surface area contributed by atoms with Gasteiger partial charge in [0.2, 0.25) is 0 Å². The third-order valence-corrected chi connectivity index (χ3v) is 5.17. The second-order valence-electron chi connectivity index (χ2n) is 7.09. The van der Waals surface area contributed by atoms with E-state index in [1.54, 1.807) is 0 Å². The van der Waals surface area contributed by atoms with Gasteiger partial charge in [-0.05, 0) is 58.2 Å². The first-order valence-corrected chi connectivity index (χ1v) is 7.60. The van der Waals surface area contributed by atoms with Crippen LogP contribution in [0.25, 0.3) is 0 Å². The lowest BCUT2D eigenvalue weighted by molar-refractivity contribution is -0.0462. The van der Waals surface area contributed by atoms with Crippen molar-refractivity contribution in [2.75, 3.05) is 33.7 Å². The maximum atomic E-state index is 6.15. The molecule has 18 heavy (non-hydrogen) atoms. The van der Waals surface area contributed by atoms with Crippen LogP contribution >= 0.6 is 0 Å². The Labute approximate surface area is 113 Å². The second-order valence-corrected chi connectivity index (χ2v) is 7.09. The Morgan fingerprint density at radius 2 is 2.00 bits per heavy atom. The van der Waals surface area contributed by atoms with Crippen LogP contribution in [0.2, 0.25) is 0 Å². The molecule has 2 fully saturated rings. The lowest BCUT2D eigenvalue weighted by Crippen LogP contribution is -2.64. The maximum absolute atomic E-state index is 6.15. The van der Waals surface area contributed by atoms with Crippen LogP contribution in [0.3, 0.4) is 0 Å². The highest BCUT2D eigenvalue weighted by molar-refractivity contribution is 5.07. The number of hydrogen-bond acceptors (Lipinski definition) is 3. The van der Waals surface area contributed by atoms with Crippen LogP contribution in [-0.4, -0.2) is 55.1 Å². The zero-order valence-electron chi connectivity index (χ0n) is 12.7. The molecule has 1 atom stereocenters. The Kier molecular flexibility index (Phi) is 4.35. The number of hydrogen-bond donors (Lipinski definition) is 1. The highest BCUT2D eigenvalue weighted by Gasteiger charge is 2.51. The minimum Gasteiger partial charge on any atom is -0.329 e. The van der Waals surface area contributed by atoms with Gasteiger partial charge in [0, 0.05) is 24.7 Å². The molecule has 3 nitrogen and oxygen atoms in total. The Balaban J connectivity index is 2.00. The SMILES string of the molecule is CC(C)C1CC(CN)(N2CCCC2CN(C)C)C1. The topological polar surface area (TPSA) is 32.5 Å². The van der Waals surface area contributed by atoms with E-state index in [4.69, 9.17) is 5.73 Å². The van der Waals surface area contributed by atoms with Crippen molar-refractivity contribution in [3.05, 3.63) is 0 Å². The molecular formula is C15H31N3. The fraction of sp³-hybridized carbons (Fsp3) is 1.00. The molecule has 1 unspecified atom stereocenters. The van der Waals surface area contributed by atoms with Gasteiger partial charge in [-0.2, -0.15) is 0 Å². The van der Waals surface area contributed by atoms with Crippen LogP contribution in [0.5, 0.6) is 0 Å². The van der Waals surface area contributed by atoms with E-state index in [1.807, 2.05) is 0 Å². The summed E-state index contributed by atoms with van der Waals surface area (Å²) in [4.78, 5) is 5.08. The zero-order valence-corrected chi connectivity index (χ0v) is 12.7. The molecule has 0 spiro atoms. The summed E-state index contributed by atoms with van der Waals surface area (Å²) in [6.45, 7) is 8.01. The molecule has 1 saturated heterocycles. The first-order chi connectivity index (χ1) is 8.48. The summed E-state index contributed by atoms with van der Waals surface area (Å²) in [5.41, 5.74) is 6.49. The van der Waals surface area contributed by atoms with Crippen molar-refractivity contribution < 1.29 is 0 Å². The highest BCUT2D eigenvalue weighted by atomic mass is 15.3. The summed E-state index contributed by atoms with van der Waals surface area (Å²) in [5.74, 6) is 1.72. The predicted molar refractivity (Wildman–Crippen MR) is 77.6 cm³/mol. The smallest absolute Gasteiger partial charge is 0.0340 e. The molecule has 1 aliphatic carbocycles. The van der Waals surface area contributed by atoms with E-state index in [9.17, 15) is 0 Å². The standard InChI is InChI=1S/C15H31N3/c1-12(2)13-8-15(9-13,11-16)18-7-5-6-14(18)10-17(3)4/h12-14H,5-11,16H2,1-4H3. The summed E-state index contributed by atoms with van der Waals surface area (Å²) >= 11 is 0. The fourth-order valence-electron chi connectivity index (χ4n) is 3.98. The van der Waals surface area contributed by atoms with Gasteiger partial charge in [-0.25, -0.2) is 0 Å². The largest absolute Gasteiger partial charge is 0.329 e. The lowest BCUT2D eigenvalue weighted by atomic mass is 9.63. The van der Waals surface area contributed by atoms with E-state index in [-0.39, 0.29) is 0 Å². The summed E-state index contributed by atoms with van der Waals surface area (Å²) in [7, 11) is 4.37. The molecule has 3 heteroatoms. The minimum atomic E-state index is 0.339. The number of rotatable bonds is 5. The Hall–Kier alpha value is -0.120. The van der Waals surface area contributed by atoms with Gasteiger partial charge in [-0.15, -0.1) is 0 Å². The van der Waals surface area contributed by atoms with Crippen molar-refractivity contribution in [1.82, 2.24) is 9.80 Å². The van der Waals surface area contributed by atoms with E-state index in [0.717, 1.165) is 24.4 Å². The van der Waals surface area contributed by atoms with Crippen molar-refractivity contribution in [3.63, 3.8) is 0 Å². The Morgan fingerprint density at radius 3 is 2.50 bits per heavy atom. The quantitative estimate of drug-likeness (QED) is 0.810. The van der Waals surface area contributed by atoms with Crippen molar-refractivity contribution in [3.8, 4) is 0 Å². The van der Waals surface area contributed by atoms with Gasteiger partial charge >= 0.3 is 0 Å². The van der Waals surface area contributed by atoms with Crippen molar-refractivity contribution in [2.24, 2.45) is 17.6 Å². The average Bonchev–Trinajstić information content (AvgIpc) is 2.64. The van der Waals surface area contributed by atoms with Gasteiger partial charge in [-0.1, -0.05) is 13.8 Å². The zero-order chi connectivity index (χ0) is 13.3. The van der Waals surface area contributed by atoms with E-state index >= 15 is 0 Å². The highest BCUT2D eigenvalue weighted by Crippen LogP contribution is 2.47. The third-order valence-electron chi connectivity index (χ3n) is 5.17. The van der Waals surface area contributed by atoms with E-state index in [1.165, 1.54) is 38.8 Å². The van der Waals surface area contributed by atoms with Crippen LogP contribution < -0.4 is 5.73 Å². The number of likely N-dealkylation sites (tertiary alicyclic amines) is 1. The second kappa shape index (κ2) is 5.48. The monoisotopic (exact) mass is 253 g/mol. The molecule has 0 radical (unpaired) electrons. The molecule has 0 amide bonds. The first kappa shape index (κ1) is 14.3. The Bertz CT molecular complexity index is 269. The maximum Gasteiger partial charge on any atom is 0.0340 e. The van der Waals surface area contributed by atoms with Crippen molar-refractivity contribution >= 4 is 0 Å². The van der Waals surface area contributed by atoms with Gasteiger partial charge in [0.25, 0.3) is 0 Å². The minimum absolute atomic E-state index is 0.339. The van der Waals surface area contributed by atoms with Crippen LogP contribution in [0.4, 0.5) is 0 Å². The molecule has 0 aromatic carbocycles. The molecule has 106 valence electrons. The first-order valence-electron chi connectivity index (χ1n) is 7.60. The molecule has 1 heterocycles. The van der Waals surface area contributed by atoms with E-state index in [0.29, 0.717) is 5.54 Å². The average molecular weight is 253 g/mol. The van der Waals surface area contributed by atoms with Crippen LogP contribution in [0.1, 0.15) is 39.5 Å². The molecule has 2 N–H and O–H groups in total. The lowest BCUT2D eigenvalue weighted by Gasteiger charge is -2.56. The summed E-state index contributed by atoms with van der Waals surface area (Å²) in [6.07, 6.45) is 5.36. The fourth-order valence-corrected chi connectivity index (χ4v) is 3.98. The van der Waals surface area contributed by atoms with Gasteiger partial charge in [0.15, 0.2) is 0 Å². The molecule has 0 aromatic rings. The van der Waals surface area contributed by atoms with Crippen LogP contribution in [0, 0.1) is 11.8 Å². The molecule has 1 saturated carbocycles. The molecule has 2 aliphatic rings. The van der Waals surface area contributed by atoms with Crippen molar-refractivity contribution in [1.29, 1.82) is 0 Å². The summed E-state index contributed by atoms with van der Waals surface area (Å²) in [5, 5.41) is 0. The van der Waals surface area contributed by atoms with Crippen molar-refractivity contribution in [2.45, 2.75) is 51.1 Å². The Morgan fingerprint density at radius 1 is 1.33 bits per heavy atom. The van der Waals surface area contributed by atoms with E-state index < -0.39 is 0 Å². The van der Waals surface area contributed by atoms with Gasteiger partial charge < -0.3 is 10.6 Å². The van der Waals surface area contributed by atoms with Gasteiger partial charge in [0.1, 0.15) is 0 Å². The molecule has 0 bridgehead atoms. The molecule has 0 aromatic heterocycles. The van der Waals surface area contributed by atoms with Gasteiger partial charge in [0.05, 0.1) is 0 Å². The van der Waals surface area contributed by atoms with Crippen LogP contribution in [0.15, 0.2) is 0 Å². The van der Waals surface area contributed by atoms with E-state index in [2.05, 4.69) is 37.7 Å². The van der Waals surface area contributed by atoms with Crippen LogP contribution in [-0.2, 0) is 0 Å². The number of likely N-dealkylation sites (N-methyl/N-ethyl adjacent to an activating group) is 1. The summed E-state index contributed by atoms with van der Waals surface area (Å²) in [6, 6.07) is 0.733. The third kappa shape index (κ3) is 2.59. The number of nitrogens with two attached hydrogens (primary N) is 1. The van der Waals surface area contributed by atoms with Gasteiger partial charge in [-0.3, -0.25) is 4.90 Å². The molecular weight excluding hydrogens is 222 g/mol. The molecule has 1 aliphatic heterocycles. The molecule has 2 rings (SSSR count). The number of nitrogens with zero attached hydrogens (tertiary/aromatic N) is 2. The predicted octanol–water partition coefficient (Wildman–Crippen LogP) is 1.78. The summed E-state index contributed by atoms with van der Waals surface area (Å²) < 4.78 is 0.